The Morgan fingerprint density at radius 2 is 1.59 bits per heavy atom. The predicted molar refractivity (Wildman–Crippen MR) is 112 cm³/mol. The van der Waals surface area contributed by atoms with Gasteiger partial charge in [-0.05, 0) is 81.3 Å². The van der Waals surface area contributed by atoms with Gasteiger partial charge in [-0.25, -0.2) is 12.7 Å². The maximum absolute atomic E-state index is 12.7. The van der Waals surface area contributed by atoms with Crippen LogP contribution in [0.15, 0.2) is 29.2 Å². The molecule has 1 aromatic rings. The number of likely N-dealkylation sites (tertiary alicyclic amines) is 1. The Morgan fingerprint density at radius 3 is 2.22 bits per heavy atom. The molecule has 0 aromatic heterocycles. The smallest absolute Gasteiger partial charge is 0.242 e. The minimum absolute atomic E-state index is 0.319. The number of hydrogen-bond acceptors (Lipinski definition) is 3. The van der Waals surface area contributed by atoms with Gasteiger partial charge in [0.1, 0.15) is 0 Å². The lowest BCUT2D eigenvalue weighted by atomic mass is 9.80. The van der Waals surface area contributed by atoms with Crippen molar-refractivity contribution >= 4 is 21.6 Å². The fourth-order valence-corrected chi connectivity index (χ4v) is 5.79. The normalized spacial score (nSPS) is 25.0. The zero-order chi connectivity index (χ0) is 19.3. The highest BCUT2D eigenvalue weighted by atomic mass is 35.5. The van der Waals surface area contributed by atoms with E-state index in [0.29, 0.717) is 22.4 Å². The van der Waals surface area contributed by atoms with Crippen molar-refractivity contribution in [1.29, 1.82) is 0 Å². The van der Waals surface area contributed by atoms with Crippen LogP contribution in [0, 0.1) is 11.8 Å². The van der Waals surface area contributed by atoms with Gasteiger partial charge in [0, 0.05) is 25.2 Å². The molecular formula is C21H33ClN2O2S. The Morgan fingerprint density at radius 1 is 1.00 bits per heavy atom. The molecule has 1 aliphatic heterocycles. The molecule has 1 aliphatic carbocycles. The minimum atomic E-state index is -3.42. The van der Waals surface area contributed by atoms with Gasteiger partial charge < -0.3 is 4.90 Å². The average molecular weight is 413 g/mol. The topological polar surface area (TPSA) is 40.6 Å². The predicted octanol–water partition coefficient (Wildman–Crippen LogP) is 4.64. The van der Waals surface area contributed by atoms with Crippen molar-refractivity contribution in [3.05, 3.63) is 29.3 Å². The molecule has 0 amide bonds. The highest BCUT2D eigenvalue weighted by molar-refractivity contribution is 7.89. The third-order valence-electron chi connectivity index (χ3n) is 6.31. The van der Waals surface area contributed by atoms with E-state index in [-0.39, 0.29) is 0 Å². The molecule has 3 rings (SSSR count). The van der Waals surface area contributed by atoms with Gasteiger partial charge in [0.25, 0.3) is 0 Å². The average Bonchev–Trinajstić information content (AvgIpc) is 2.68. The summed E-state index contributed by atoms with van der Waals surface area (Å²) in [4.78, 5) is 2.97. The van der Waals surface area contributed by atoms with Gasteiger partial charge >= 0.3 is 0 Å². The SMILES string of the molecule is CN(CCC1CCC(CN2CCCCC2)CC1)S(=O)(=O)c1ccc(Cl)cc1. The van der Waals surface area contributed by atoms with Crippen LogP contribution >= 0.6 is 11.6 Å². The van der Waals surface area contributed by atoms with Crippen LogP contribution in [0.3, 0.4) is 0 Å². The highest BCUT2D eigenvalue weighted by Gasteiger charge is 2.26. The molecule has 0 bridgehead atoms. The molecule has 2 fully saturated rings. The molecule has 6 heteroatoms. The Labute approximate surface area is 169 Å². The first-order chi connectivity index (χ1) is 12.9. The Hall–Kier alpha value is -0.620. The van der Waals surface area contributed by atoms with Crippen molar-refractivity contribution in [1.82, 2.24) is 9.21 Å². The molecule has 0 radical (unpaired) electrons. The third kappa shape index (κ3) is 5.93. The van der Waals surface area contributed by atoms with E-state index in [4.69, 9.17) is 11.6 Å². The molecule has 27 heavy (non-hydrogen) atoms. The molecular weight excluding hydrogens is 380 g/mol. The van der Waals surface area contributed by atoms with Gasteiger partial charge in [-0.3, -0.25) is 0 Å². The van der Waals surface area contributed by atoms with E-state index in [2.05, 4.69) is 4.90 Å². The van der Waals surface area contributed by atoms with Gasteiger partial charge in [0.2, 0.25) is 10.0 Å². The first-order valence-electron chi connectivity index (χ1n) is 10.4. The van der Waals surface area contributed by atoms with Gasteiger partial charge in [-0.15, -0.1) is 0 Å². The number of rotatable bonds is 7. The largest absolute Gasteiger partial charge is 0.303 e. The second kappa shape index (κ2) is 9.73. The monoisotopic (exact) mass is 412 g/mol. The van der Waals surface area contributed by atoms with Crippen molar-refractivity contribution < 1.29 is 8.42 Å². The second-order valence-electron chi connectivity index (χ2n) is 8.32. The first-order valence-corrected chi connectivity index (χ1v) is 12.2. The van der Waals surface area contributed by atoms with E-state index in [1.54, 1.807) is 31.3 Å². The van der Waals surface area contributed by atoms with Crippen molar-refractivity contribution in [2.75, 3.05) is 33.2 Å². The van der Waals surface area contributed by atoms with Gasteiger partial charge in [-0.2, -0.15) is 0 Å². The maximum Gasteiger partial charge on any atom is 0.242 e. The lowest BCUT2D eigenvalue weighted by molar-refractivity contribution is 0.156. The fraction of sp³-hybridized carbons (Fsp3) is 0.714. The minimum Gasteiger partial charge on any atom is -0.303 e. The Kier molecular flexibility index (Phi) is 7.60. The van der Waals surface area contributed by atoms with Gasteiger partial charge in [0.15, 0.2) is 0 Å². The fourth-order valence-electron chi connectivity index (χ4n) is 4.48. The van der Waals surface area contributed by atoms with Gasteiger partial charge in [-0.1, -0.05) is 30.9 Å². The van der Waals surface area contributed by atoms with Crippen LogP contribution in [-0.2, 0) is 10.0 Å². The lowest BCUT2D eigenvalue weighted by Crippen LogP contribution is -2.35. The van der Waals surface area contributed by atoms with Crippen molar-refractivity contribution in [3.8, 4) is 0 Å². The molecule has 1 aromatic carbocycles. The molecule has 0 atom stereocenters. The molecule has 2 aliphatic rings. The van der Waals surface area contributed by atoms with E-state index in [1.807, 2.05) is 0 Å². The van der Waals surface area contributed by atoms with E-state index >= 15 is 0 Å². The van der Waals surface area contributed by atoms with Crippen LogP contribution in [-0.4, -0.2) is 50.8 Å². The van der Waals surface area contributed by atoms with E-state index < -0.39 is 10.0 Å². The summed E-state index contributed by atoms with van der Waals surface area (Å²) in [5, 5.41) is 0.554. The number of benzene rings is 1. The molecule has 1 saturated heterocycles. The summed E-state index contributed by atoms with van der Waals surface area (Å²) in [5.41, 5.74) is 0. The summed E-state index contributed by atoms with van der Waals surface area (Å²) >= 11 is 5.87. The number of piperidine rings is 1. The molecule has 0 spiro atoms. The Bertz CT molecular complexity index is 679. The van der Waals surface area contributed by atoms with E-state index in [1.165, 1.54) is 68.9 Å². The zero-order valence-electron chi connectivity index (χ0n) is 16.4. The summed E-state index contributed by atoms with van der Waals surface area (Å²) in [6, 6.07) is 6.43. The second-order valence-corrected chi connectivity index (χ2v) is 10.8. The number of halogens is 1. The molecule has 0 unspecified atom stereocenters. The number of hydrogen-bond donors (Lipinski definition) is 0. The lowest BCUT2D eigenvalue weighted by Gasteiger charge is -2.34. The molecule has 1 heterocycles. The summed E-state index contributed by atoms with van der Waals surface area (Å²) in [5.74, 6) is 1.50. The van der Waals surface area contributed by atoms with Crippen LogP contribution in [0.2, 0.25) is 5.02 Å². The Balaban J connectivity index is 1.42. The third-order valence-corrected chi connectivity index (χ3v) is 8.43. The standard InChI is InChI=1S/C21H33ClN2O2S/c1-23(27(25,26)21-11-9-20(22)10-12-21)16-13-18-5-7-19(8-6-18)17-24-14-3-2-4-15-24/h9-12,18-19H,2-8,13-17H2,1H3. The summed E-state index contributed by atoms with van der Waals surface area (Å²) in [7, 11) is -1.73. The summed E-state index contributed by atoms with van der Waals surface area (Å²) in [6.45, 7) is 4.44. The molecule has 4 nitrogen and oxygen atoms in total. The number of nitrogens with zero attached hydrogens (tertiary/aromatic N) is 2. The molecule has 0 N–H and O–H groups in total. The van der Waals surface area contributed by atoms with E-state index in [0.717, 1.165) is 12.3 Å². The highest BCUT2D eigenvalue weighted by Crippen LogP contribution is 2.32. The number of sulfonamides is 1. The summed E-state index contributed by atoms with van der Waals surface area (Å²) in [6.07, 6.45) is 10.2. The van der Waals surface area contributed by atoms with Crippen LogP contribution < -0.4 is 0 Å². The van der Waals surface area contributed by atoms with Crippen molar-refractivity contribution in [2.24, 2.45) is 11.8 Å². The van der Waals surface area contributed by atoms with E-state index in [9.17, 15) is 8.42 Å². The summed E-state index contributed by atoms with van der Waals surface area (Å²) < 4.78 is 26.8. The van der Waals surface area contributed by atoms with Crippen LogP contribution in [0.1, 0.15) is 51.4 Å². The molecule has 152 valence electrons. The van der Waals surface area contributed by atoms with Crippen LogP contribution in [0.5, 0.6) is 0 Å². The quantitative estimate of drug-likeness (QED) is 0.654. The first kappa shape index (κ1) is 21.1. The molecule has 1 saturated carbocycles. The van der Waals surface area contributed by atoms with Crippen LogP contribution in [0.4, 0.5) is 0 Å². The van der Waals surface area contributed by atoms with Crippen LogP contribution in [0.25, 0.3) is 0 Å². The zero-order valence-corrected chi connectivity index (χ0v) is 18.0. The van der Waals surface area contributed by atoms with Crippen molar-refractivity contribution in [2.45, 2.75) is 56.3 Å². The van der Waals surface area contributed by atoms with Crippen molar-refractivity contribution in [3.63, 3.8) is 0 Å². The maximum atomic E-state index is 12.7. The van der Waals surface area contributed by atoms with Gasteiger partial charge in [0.05, 0.1) is 4.90 Å².